The van der Waals surface area contributed by atoms with Crippen LogP contribution < -0.4 is 0 Å². The molecule has 5 nitrogen and oxygen atoms in total. The summed E-state index contributed by atoms with van der Waals surface area (Å²) in [6.07, 6.45) is 5.32. The first-order chi connectivity index (χ1) is 11.9. The second-order valence-corrected chi connectivity index (χ2v) is 7.52. The highest BCUT2D eigenvalue weighted by Crippen LogP contribution is 2.38. The summed E-state index contributed by atoms with van der Waals surface area (Å²) in [7, 11) is 1.93. The van der Waals surface area contributed by atoms with Crippen LogP contribution in [0.4, 0.5) is 0 Å². The largest absolute Gasteiger partial charge is 0.334 e. The average Bonchev–Trinajstić information content (AvgIpc) is 3.22. The summed E-state index contributed by atoms with van der Waals surface area (Å²) in [5.74, 6) is -0.0118. The molecule has 0 aliphatic heterocycles. The van der Waals surface area contributed by atoms with Gasteiger partial charge >= 0.3 is 0 Å². The van der Waals surface area contributed by atoms with Crippen LogP contribution in [0.2, 0.25) is 0 Å². The summed E-state index contributed by atoms with van der Waals surface area (Å²) in [6, 6.07) is 10.7. The second kappa shape index (κ2) is 6.98. The van der Waals surface area contributed by atoms with Crippen LogP contribution >= 0.6 is 0 Å². The third kappa shape index (κ3) is 3.32. The molecule has 134 valence electrons. The number of likely N-dealkylation sites (N-methyl/N-ethyl adjacent to an activating group) is 1. The lowest BCUT2D eigenvalue weighted by Gasteiger charge is -2.39. The summed E-state index contributed by atoms with van der Waals surface area (Å²) in [6.45, 7) is 6.03. The number of carbonyl (C=O) groups excluding carboxylic acids is 1. The fourth-order valence-electron chi connectivity index (χ4n) is 4.04. The molecular weight excluding hydrogens is 312 g/mol. The molecule has 0 spiro atoms. The maximum absolute atomic E-state index is 13.2. The fourth-order valence-corrected chi connectivity index (χ4v) is 4.04. The molecule has 0 bridgehead atoms. The molecule has 0 N–H and O–H groups in total. The Morgan fingerprint density at radius 2 is 1.88 bits per heavy atom. The van der Waals surface area contributed by atoms with Crippen LogP contribution in [0.5, 0.6) is 0 Å². The van der Waals surface area contributed by atoms with Crippen LogP contribution in [0.15, 0.2) is 30.3 Å². The van der Waals surface area contributed by atoms with Crippen molar-refractivity contribution in [3.05, 3.63) is 47.3 Å². The highest BCUT2D eigenvalue weighted by Gasteiger charge is 2.41. The fraction of sp³-hybridized carbons (Fsp3) is 0.550. The summed E-state index contributed by atoms with van der Waals surface area (Å²) >= 11 is 0. The number of aromatic nitrogens is 3. The lowest BCUT2D eigenvalue weighted by molar-refractivity contribution is 0.0561. The molecule has 2 aromatic rings. The summed E-state index contributed by atoms with van der Waals surface area (Å²) < 4.78 is 1.82. The zero-order valence-corrected chi connectivity index (χ0v) is 15.7. The van der Waals surface area contributed by atoms with Gasteiger partial charge in [-0.2, -0.15) is 0 Å². The Balaban J connectivity index is 1.88. The highest BCUT2D eigenvalue weighted by atomic mass is 16.2. The van der Waals surface area contributed by atoms with E-state index in [1.165, 1.54) is 18.4 Å². The number of hydrogen-bond donors (Lipinski definition) is 0. The van der Waals surface area contributed by atoms with Gasteiger partial charge in [0.25, 0.3) is 5.91 Å². The molecule has 3 rings (SSSR count). The van der Waals surface area contributed by atoms with Crippen molar-refractivity contribution in [2.45, 2.75) is 64.5 Å². The summed E-state index contributed by atoms with van der Waals surface area (Å²) in [5.41, 5.74) is 2.49. The average molecular weight is 340 g/mol. The molecule has 5 heteroatoms. The van der Waals surface area contributed by atoms with E-state index in [1.807, 2.05) is 43.5 Å². The molecular formula is C20H28N4O. The van der Waals surface area contributed by atoms with Crippen LogP contribution in [0.1, 0.15) is 67.3 Å². The van der Waals surface area contributed by atoms with Crippen molar-refractivity contribution in [1.82, 2.24) is 19.9 Å². The van der Waals surface area contributed by atoms with E-state index in [0.717, 1.165) is 25.0 Å². The van der Waals surface area contributed by atoms with E-state index in [0.29, 0.717) is 5.69 Å². The standard InChI is InChI=1S/C20H28N4O/c1-15(2)24-16(3)18(21-22-24)19(25)23(4)20(12-8-9-13-20)14-17-10-6-5-7-11-17/h5-7,10-11,15H,8-9,12-14H2,1-4H3. The molecule has 1 aliphatic carbocycles. The molecule has 1 aliphatic rings. The van der Waals surface area contributed by atoms with Crippen LogP contribution in [-0.2, 0) is 6.42 Å². The van der Waals surface area contributed by atoms with E-state index in [4.69, 9.17) is 0 Å². The van der Waals surface area contributed by atoms with E-state index in [9.17, 15) is 4.79 Å². The summed E-state index contributed by atoms with van der Waals surface area (Å²) in [4.78, 5) is 15.1. The first-order valence-electron chi connectivity index (χ1n) is 9.18. The zero-order valence-electron chi connectivity index (χ0n) is 15.7. The van der Waals surface area contributed by atoms with Gasteiger partial charge in [0, 0.05) is 18.6 Å². The Morgan fingerprint density at radius 3 is 2.44 bits per heavy atom. The minimum Gasteiger partial charge on any atom is -0.334 e. The van der Waals surface area contributed by atoms with E-state index >= 15 is 0 Å². The number of carbonyl (C=O) groups is 1. The first-order valence-corrected chi connectivity index (χ1v) is 9.18. The number of nitrogens with zero attached hydrogens (tertiary/aromatic N) is 4. The van der Waals surface area contributed by atoms with E-state index in [1.54, 1.807) is 0 Å². The maximum Gasteiger partial charge on any atom is 0.276 e. The van der Waals surface area contributed by atoms with Crippen molar-refractivity contribution < 1.29 is 4.79 Å². The third-order valence-electron chi connectivity index (χ3n) is 5.55. The molecule has 0 saturated heterocycles. The van der Waals surface area contributed by atoms with Crippen molar-refractivity contribution >= 4 is 5.91 Å². The first kappa shape index (κ1) is 17.6. The van der Waals surface area contributed by atoms with Crippen LogP contribution in [0.3, 0.4) is 0 Å². The van der Waals surface area contributed by atoms with Crippen molar-refractivity contribution in [3.8, 4) is 0 Å². The van der Waals surface area contributed by atoms with Gasteiger partial charge in [-0.25, -0.2) is 4.68 Å². The van der Waals surface area contributed by atoms with Crippen molar-refractivity contribution in [2.24, 2.45) is 0 Å². The van der Waals surface area contributed by atoms with Gasteiger partial charge in [-0.1, -0.05) is 48.4 Å². The van der Waals surface area contributed by atoms with Gasteiger partial charge in [-0.15, -0.1) is 5.10 Å². The normalized spacial score (nSPS) is 16.4. The third-order valence-corrected chi connectivity index (χ3v) is 5.55. The topological polar surface area (TPSA) is 51.0 Å². The number of amides is 1. The smallest absolute Gasteiger partial charge is 0.276 e. The lowest BCUT2D eigenvalue weighted by Crippen LogP contribution is -2.49. The van der Waals surface area contributed by atoms with Crippen molar-refractivity contribution in [3.63, 3.8) is 0 Å². The zero-order chi connectivity index (χ0) is 18.0. The molecule has 1 saturated carbocycles. The highest BCUT2D eigenvalue weighted by molar-refractivity contribution is 5.93. The Bertz CT molecular complexity index is 729. The van der Waals surface area contributed by atoms with Gasteiger partial charge in [0.1, 0.15) is 0 Å². The Kier molecular flexibility index (Phi) is 4.93. The monoisotopic (exact) mass is 340 g/mol. The van der Waals surface area contributed by atoms with Gasteiger partial charge in [0.2, 0.25) is 0 Å². The van der Waals surface area contributed by atoms with Crippen molar-refractivity contribution in [1.29, 1.82) is 0 Å². The van der Waals surface area contributed by atoms with Gasteiger partial charge in [0.15, 0.2) is 5.69 Å². The number of hydrogen-bond acceptors (Lipinski definition) is 3. The summed E-state index contributed by atoms with van der Waals surface area (Å²) in [5, 5.41) is 8.36. The SMILES string of the molecule is Cc1c(C(=O)N(C)C2(Cc3ccccc3)CCCC2)nnn1C(C)C. The molecule has 0 unspecified atom stereocenters. The number of rotatable bonds is 5. The van der Waals surface area contributed by atoms with Crippen LogP contribution in [0, 0.1) is 6.92 Å². The van der Waals surface area contributed by atoms with Gasteiger partial charge < -0.3 is 4.90 Å². The Morgan fingerprint density at radius 1 is 1.24 bits per heavy atom. The predicted molar refractivity (Wildman–Crippen MR) is 98.6 cm³/mol. The van der Waals surface area contributed by atoms with Gasteiger partial charge in [-0.05, 0) is 45.6 Å². The molecule has 1 amide bonds. The van der Waals surface area contributed by atoms with E-state index in [2.05, 4.69) is 34.6 Å². The quantitative estimate of drug-likeness (QED) is 0.832. The number of benzene rings is 1. The predicted octanol–water partition coefficient (Wildman–Crippen LogP) is 3.79. The van der Waals surface area contributed by atoms with Gasteiger partial charge in [-0.3, -0.25) is 4.79 Å². The van der Waals surface area contributed by atoms with Gasteiger partial charge in [0.05, 0.1) is 5.69 Å². The lowest BCUT2D eigenvalue weighted by atomic mass is 9.87. The minimum atomic E-state index is -0.119. The molecule has 1 aromatic heterocycles. The minimum absolute atomic E-state index is 0.0118. The Hall–Kier alpha value is -2.17. The molecule has 25 heavy (non-hydrogen) atoms. The second-order valence-electron chi connectivity index (χ2n) is 7.52. The van der Waals surface area contributed by atoms with E-state index < -0.39 is 0 Å². The molecule has 1 heterocycles. The molecule has 0 atom stereocenters. The molecule has 1 fully saturated rings. The maximum atomic E-state index is 13.2. The van der Waals surface area contributed by atoms with Crippen LogP contribution in [-0.4, -0.2) is 38.4 Å². The van der Waals surface area contributed by atoms with Crippen molar-refractivity contribution in [2.75, 3.05) is 7.05 Å². The molecule has 0 radical (unpaired) electrons. The van der Waals surface area contributed by atoms with Crippen LogP contribution in [0.25, 0.3) is 0 Å². The van der Waals surface area contributed by atoms with E-state index in [-0.39, 0.29) is 17.5 Å². The Labute approximate surface area is 150 Å². The molecule has 1 aromatic carbocycles.